The summed E-state index contributed by atoms with van der Waals surface area (Å²) in [6.45, 7) is 0. The van der Waals surface area contributed by atoms with Gasteiger partial charge in [-0.2, -0.15) is 5.10 Å². The van der Waals surface area contributed by atoms with Crippen LogP contribution in [0, 0.1) is 0 Å². The maximum atomic E-state index is 12.8. The molecule has 1 N–H and O–H groups in total. The molecule has 0 saturated heterocycles. The molecule has 0 aliphatic carbocycles. The molecule has 0 aliphatic heterocycles. The third-order valence-corrected chi connectivity index (χ3v) is 4.29. The van der Waals surface area contributed by atoms with Crippen molar-refractivity contribution in [1.82, 2.24) is 5.43 Å². The van der Waals surface area contributed by atoms with Gasteiger partial charge in [0.1, 0.15) is 0 Å². The Labute approximate surface area is 169 Å². The van der Waals surface area contributed by atoms with Crippen LogP contribution in [0.15, 0.2) is 77.9 Å². The SMILES string of the molecule is COc1cc(C(=O)NN=C(c2ccccc2)c2ccccc2)cc(OC)c1OC. The summed E-state index contributed by atoms with van der Waals surface area (Å²) in [6, 6.07) is 22.5. The van der Waals surface area contributed by atoms with Gasteiger partial charge in [-0.3, -0.25) is 4.79 Å². The molecular weight excluding hydrogens is 368 g/mol. The van der Waals surface area contributed by atoms with E-state index in [1.807, 2.05) is 60.7 Å². The highest BCUT2D eigenvalue weighted by Gasteiger charge is 2.17. The molecule has 0 unspecified atom stereocenters. The fourth-order valence-corrected chi connectivity index (χ4v) is 2.87. The van der Waals surface area contributed by atoms with Crippen LogP contribution in [0.5, 0.6) is 17.2 Å². The van der Waals surface area contributed by atoms with Gasteiger partial charge in [0.05, 0.1) is 27.0 Å². The number of hydrogen-bond acceptors (Lipinski definition) is 5. The number of methoxy groups -OCH3 is 3. The number of ether oxygens (including phenoxy) is 3. The Balaban J connectivity index is 1.95. The van der Waals surface area contributed by atoms with Gasteiger partial charge in [-0.05, 0) is 12.1 Å². The first-order valence-corrected chi connectivity index (χ1v) is 8.96. The second kappa shape index (κ2) is 9.41. The molecular formula is C23H22N2O4. The number of carbonyl (C=O) groups excluding carboxylic acids is 1. The summed E-state index contributed by atoms with van der Waals surface area (Å²) in [5.41, 5.74) is 5.41. The van der Waals surface area contributed by atoms with Crippen molar-refractivity contribution in [2.24, 2.45) is 5.10 Å². The van der Waals surface area contributed by atoms with Crippen molar-refractivity contribution in [3.63, 3.8) is 0 Å². The minimum Gasteiger partial charge on any atom is -0.493 e. The first-order chi connectivity index (χ1) is 14.2. The molecule has 0 bridgehead atoms. The number of hydrogen-bond donors (Lipinski definition) is 1. The van der Waals surface area contributed by atoms with Crippen LogP contribution in [0.3, 0.4) is 0 Å². The van der Waals surface area contributed by atoms with Gasteiger partial charge in [-0.15, -0.1) is 0 Å². The van der Waals surface area contributed by atoms with Crippen molar-refractivity contribution in [3.8, 4) is 17.2 Å². The highest BCUT2D eigenvalue weighted by Crippen LogP contribution is 2.38. The van der Waals surface area contributed by atoms with Crippen LogP contribution < -0.4 is 19.6 Å². The molecule has 0 atom stereocenters. The van der Waals surface area contributed by atoms with E-state index in [2.05, 4.69) is 10.5 Å². The lowest BCUT2D eigenvalue weighted by molar-refractivity contribution is 0.0954. The highest BCUT2D eigenvalue weighted by atomic mass is 16.5. The third kappa shape index (κ3) is 4.55. The second-order valence-corrected chi connectivity index (χ2v) is 6.05. The average Bonchev–Trinajstić information content (AvgIpc) is 2.79. The zero-order chi connectivity index (χ0) is 20.6. The monoisotopic (exact) mass is 390 g/mol. The van der Waals surface area contributed by atoms with E-state index in [-0.39, 0.29) is 0 Å². The molecule has 148 valence electrons. The van der Waals surface area contributed by atoms with Gasteiger partial charge in [-0.25, -0.2) is 5.43 Å². The topological polar surface area (TPSA) is 69.2 Å². The van der Waals surface area contributed by atoms with Gasteiger partial charge in [0.15, 0.2) is 11.5 Å². The summed E-state index contributed by atoms with van der Waals surface area (Å²) < 4.78 is 15.9. The molecule has 0 fully saturated rings. The fraction of sp³-hybridized carbons (Fsp3) is 0.130. The summed E-state index contributed by atoms with van der Waals surface area (Å²) >= 11 is 0. The normalized spacial score (nSPS) is 10.0. The van der Waals surface area contributed by atoms with Crippen molar-refractivity contribution < 1.29 is 19.0 Å². The number of amides is 1. The molecule has 0 aromatic heterocycles. The first-order valence-electron chi connectivity index (χ1n) is 8.96. The molecule has 0 saturated carbocycles. The Kier molecular flexibility index (Phi) is 6.47. The zero-order valence-corrected chi connectivity index (χ0v) is 16.5. The van der Waals surface area contributed by atoms with Crippen LogP contribution in [-0.2, 0) is 0 Å². The second-order valence-electron chi connectivity index (χ2n) is 6.05. The van der Waals surface area contributed by atoms with E-state index in [1.54, 1.807) is 12.1 Å². The molecule has 3 aromatic carbocycles. The molecule has 6 nitrogen and oxygen atoms in total. The standard InChI is InChI=1S/C23H22N2O4/c1-27-19-14-18(15-20(28-2)22(19)29-3)23(26)25-24-21(16-10-6-4-7-11-16)17-12-8-5-9-13-17/h4-15H,1-3H3,(H,25,26). The van der Waals surface area contributed by atoms with Crippen molar-refractivity contribution >= 4 is 11.6 Å². The molecule has 0 heterocycles. The third-order valence-electron chi connectivity index (χ3n) is 4.29. The predicted octanol–water partition coefficient (Wildman–Crippen LogP) is 3.89. The van der Waals surface area contributed by atoms with E-state index in [1.165, 1.54) is 21.3 Å². The van der Waals surface area contributed by atoms with Gasteiger partial charge in [0.2, 0.25) is 5.75 Å². The summed E-state index contributed by atoms with van der Waals surface area (Å²) in [5.74, 6) is 0.817. The maximum absolute atomic E-state index is 12.8. The lowest BCUT2D eigenvalue weighted by atomic mass is 10.0. The van der Waals surface area contributed by atoms with Crippen LogP contribution in [-0.4, -0.2) is 32.9 Å². The number of hydrazone groups is 1. The van der Waals surface area contributed by atoms with Gasteiger partial charge in [-0.1, -0.05) is 60.7 Å². The Morgan fingerprint density at radius 1 is 0.724 bits per heavy atom. The van der Waals surface area contributed by atoms with E-state index in [4.69, 9.17) is 14.2 Å². The molecule has 0 aliphatic rings. The Bertz CT molecular complexity index is 935. The molecule has 3 rings (SSSR count). The molecule has 3 aromatic rings. The lowest BCUT2D eigenvalue weighted by Gasteiger charge is -2.13. The minimum absolute atomic E-state index is 0.337. The van der Waals surface area contributed by atoms with E-state index < -0.39 is 5.91 Å². The van der Waals surface area contributed by atoms with Gasteiger partial charge in [0.25, 0.3) is 5.91 Å². The molecule has 29 heavy (non-hydrogen) atoms. The van der Waals surface area contributed by atoms with Gasteiger partial charge >= 0.3 is 0 Å². The van der Waals surface area contributed by atoms with E-state index >= 15 is 0 Å². The predicted molar refractivity (Wildman–Crippen MR) is 112 cm³/mol. The summed E-state index contributed by atoms with van der Waals surface area (Å²) in [5, 5.41) is 4.40. The first kappa shape index (κ1) is 19.9. The zero-order valence-electron chi connectivity index (χ0n) is 16.5. The number of rotatable bonds is 7. The minimum atomic E-state index is -0.395. The molecule has 1 amide bonds. The van der Waals surface area contributed by atoms with Crippen LogP contribution in [0.25, 0.3) is 0 Å². The number of carbonyl (C=O) groups is 1. The van der Waals surface area contributed by atoms with Crippen LogP contribution in [0.1, 0.15) is 21.5 Å². The van der Waals surface area contributed by atoms with Gasteiger partial charge < -0.3 is 14.2 Å². The van der Waals surface area contributed by atoms with Crippen molar-refractivity contribution in [3.05, 3.63) is 89.5 Å². The van der Waals surface area contributed by atoms with Crippen molar-refractivity contribution in [2.45, 2.75) is 0 Å². The van der Waals surface area contributed by atoms with E-state index in [0.717, 1.165) is 11.1 Å². The van der Waals surface area contributed by atoms with E-state index in [9.17, 15) is 4.79 Å². The maximum Gasteiger partial charge on any atom is 0.271 e. The molecule has 0 radical (unpaired) electrons. The number of nitrogens with one attached hydrogen (secondary N) is 1. The van der Waals surface area contributed by atoms with Crippen molar-refractivity contribution in [2.75, 3.05) is 21.3 Å². The largest absolute Gasteiger partial charge is 0.493 e. The Morgan fingerprint density at radius 2 is 1.21 bits per heavy atom. The quantitative estimate of drug-likeness (QED) is 0.491. The fourth-order valence-electron chi connectivity index (χ4n) is 2.87. The van der Waals surface area contributed by atoms with Crippen LogP contribution >= 0.6 is 0 Å². The summed E-state index contributed by atoms with van der Waals surface area (Å²) in [7, 11) is 4.51. The molecule has 6 heteroatoms. The summed E-state index contributed by atoms with van der Waals surface area (Å²) in [4.78, 5) is 12.8. The van der Waals surface area contributed by atoms with Crippen molar-refractivity contribution in [1.29, 1.82) is 0 Å². The number of benzene rings is 3. The van der Waals surface area contributed by atoms with Gasteiger partial charge in [0, 0.05) is 16.7 Å². The van der Waals surface area contributed by atoms with E-state index in [0.29, 0.717) is 28.5 Å². The number of nitrogens with zero attached hydrogens (tertiary/aromatic N) is 1. The Morgan fingerprint density at radius 3 is 1.62 bits per heavy atom. The average molecular weight is 390 g/mol. The molecule has 0 spiro atoms. The van der Waals surface area contributed by atoms with Crippen LogP contribution in [0.2, 0.25) is 0 Å². The Hall–Kier alpha value is -3.80. The summed E-state index contributed by atoms with van der Waals surface area (Å²) in [6.07, 6.45) is 0. The lowest BCUT2D eigenvalue weighted by Crippen LogP contribution is -2.21. The van der Waals surface area contributed by atoms with Crippen LogP contribution in [0.4, 0.5) is 0 Å². The highest BCUT2D eigenvalue weighted by molar-refractivity contribution is 6.13. The smallest absolute Gasteiger partial charge is 0.271 e.